The summed E-state index contributed by atoms with van der Waals surface area (Å²) < 4.78 is 4.76. The molecule has 0 unspecified atom stereocenters. The Balaban J connectivity index is 2.73. The van der Waals surface area contributed by atoms with Crippen LogP contribution in [0.5, 0.6) is 0 Å². The van der Waals surface area contributed by atoms with Gasteiger partial charge in [-0.15, -0.1) is 0 Å². The quantitative estimate of drug-likeness (QED) is 0.761. The summed E-state index contributed by atoms with van der Waals surface area (Å²) in [5.41, 5.74) is 0.824. The van der Waals surface area contributed by atoms with Gasteiger partial charge in [0.25, 0.3) is 0 Å². The van der Waals surface area contributed by atoms with Gasteiger partial charge in [0, 0.05) is 0 Å². The summed E-state index contributed by atoms with van der Waals surface area (Å²) in [5, 5.41) is 8.73. The molecule has 0 saturated heterocycles. The molecule has 1 rings (SSSR count). The number of ether oxygens (including phenoxy) is 1. The number of carbonyl (C=O) groups excluding carboxylic acids is 1. The fraction of sp³-hybridized carbons (Fsp3) is 0.273. The van der Waals surface area contributed by atoms with Gasteiger partial charge in [-0.25, -0.2) is 4.79 Å². The summed E-state index contributed by atoms with van der Waals surface area (Å²) in [5.74, 6) is -1.35. The van der Waals surface area contributed by atoms with Crippen LogP contribution in [0.25, 0.3) is 0 Å². The predicted molar refractivity (Wildman–Crippen MR) is 53.7 cm³/mol. The van der Waals surface area contributed by atoms with Gasteiger partial charge in [0.15, 0.2) is 0 Å². The molecular formula is C11H12O4. The van der Waals surface area contributed by atoms with Gasteiger partial charge in [-0.05, 0) is 24.6 Å². The zero-order chi connectivity index (χ0) is 11.3. The molecule has 0 aliphatic heterocycles. The van der Waals surface area contributed by atoms with Crippen molar-refractivity contribution in [2.75, 3.05) is 6.61 Å². The van der Waals surface area contributed by atoms with E-state index >= 15 is 0 Å². The standard InChI is InChI=1S/C11H12O4/c1-2-15-10(12)7-8-4-3-5-9(6-8)11(13)14/h3-6H,2,7H2,1H3,(H,13,14). The minimum absolute atomic E-state index is 0.106. The molecule has 1 aromatic carbocycles. The monoisotopic (exact) mass is 208 g/mol. The van der Waals surface area contributed by atoms with E-state index in [4.69, 9.17) is 9.84 Å². The van der Waals surface area contributed by atoms with Crippen molar-refractivity contribution in [3.05, 3.63) is 35.4 Å². The number of carbonyl (C=O) groups is 2. The Labute approximate surface area is 87.5 Å². The zero-order valence-corrected chi connectivity index (χ0v) is 8.40. The molecule has 1 aromatic rings. The highest BCUT2D eigenvalue weighted by Gasteiger charge is 2.07. The summed E-state index contributed by atoms with van der Waals surface area (Å²) >= 11 is 0. The van der Waals surface area contributed by atoms with Gasteiger partial charge in [-0.3, -0.25) is 4.79 Å². The number of esters is 1. The van der Waals surface area contributed by atoms with Crippen molar-refractivity contribution in [1.29, 1.82) is 0 Å². The molecule has 0 amide bonds. The van der Waals surface area contributed by atoms with Crippen molar-refractivity contribution < 1.29 is 19.4 Å². The van der Waals surface area contributed by atoms with Crippen LogP contribution >= 0.6 is 0 Å². The second-order valence-electron chi connectivity index (χ2n) is 2.99. The highest BCUT2D eigenvalue weighted by molar-refractivity contribution is 5.88. The largest absolute Gasteiger partial charge is 0.478 e. The third-order valence-corrected chi connectivity index (χ3v) is 1.83. The Kier molecular flexibility index (Phi) is 3.85. The number of benzene rings is 1. The maximum atomic E-state index is 11.1. The third kappa shape index (κ3) is 3.42. The lowest BCUT2D eigenvalue weighted by molar-refractivity contribution is -0.142. The molecule has 0 aliphatic carbocycles. The van der Waals surface area contributed by atoms with Gasteiger partial charge < -0.3 is 9.84 Å². The average molecular weight is 208 g/mol. The molecule has 0 aromatic heterocycles. The van der Waals surface area contributed by atoms with Gasteiger partial charge in [-0.2, -0.15) is 0 Å². The summed E-state index contributed by atoms with van der Waals surface area (Å²) in [4.78, 5) is 21.8. The first-order valence-corrected chi connectivity index (χ1v) is 4.61. The first kappa shape index (κ1) is 11.2. The van der Waals surface area contributed by atoms with E-state index < -0.39 is 5.97 Å². The van der Waals surface area contributed by atoms with E-state index in [9.17, 15) is 9.59 Å². The minimum Gasteiger partial charge on any atom is -0.478 e. The van der Waals surface area contributed by atoms with Gasteiger partial charge in [0.05, 0.1) is 18.6 Å². The normalized spacial score (nSPS) is 9.67. The number of carboxylic acid groups (broad SMARTS) is 1. The van der Waals surface area contributed by atoms with Crippen LogP contribution in [0.3, 0.4) is 0 Å². The first-order valence-electron chi connectivity index (χ1n) is 4.61. The maximum Gasteiger partial charge on any atom is 0.335 e. The van der Waals surface area contributed by atoms with Crippen LogP contribution in [0.4, 0.5) is 0 Å². The highest BCUT2D eigenvalue weighted by Crippen LogP contribution is 2.06. The van der Waals surface area contributed by atoms with E-state index in [0.29, 0.717) is 12.2 Å². The molecular weight excluding hydrogens is 196 g/mol. The van der Waals surface area contributed by atoms with Crippen LogP contribution in [-0.2, 0) is 16.0 Å². The van der Waals surface area contributed by atoms with E-state index in [1.54, 1.807) is 19.1 Å². The van der Waals surface area contributed by atoms with Gasteiger partial charge in [-0.1, -0.05) is 12.1 Å². The molecule has 0 spiro atoms. The van der Waals surface area contributed by atoms with Crippen molar-refractivity contribution in [2.45, 2.75) is 13.3 Å². The lowest BCUT2D eigenvalue weighted by atomic mass is 10.1. The van der Waals surface area contributed by atoms with Crippen molar-refractivity contribution in [3.8, 4) is 0 Å². The lowest BCUT2D eigenvalue weighted by Gasteiger charge is -2.02. The van der Waals surface area contributed by atoms with E-state index in [-0.39, 0.29) is 18.0 Å². The topological polar surface area (TPSA) is 63.6 Å². The molecule has 0 bridgehead atoms. The predicted octanol–water partition coefficient (Wildman–Crippen LogP) is 1.49. The highest BCUT2D eigenvalue weighted by atomic mass is 16.5. The molecule has 0 fully saturated rings. The van der Waals surface area contributed by atoms with Crippen LogP contribution < -0.4 is 0 Å². The summed E-state index contributed by atoms with van der Waals surface area (Å²) in [6.07, 6.45) is 0.106. The molecule has 0 radical (unpaired) electrons. The maximum absolute atomic E-state index is 11.1. The molecule has 0 saturated carbocycles. The van der Waals surface area contributed by atoms with Crippen LogP contribution in [-0.4, -0.2) is 23.7 Å². The SMILES string of the molecule is CCOC(=O)Cc1cccc(C(=O)O)c1. The van der Waals surface area contributed by atoms with Gasteiger partial charge in [0.2, 0.25) is 0 Å². The van der Waals surface area contributed by atoms with E-state index in [1.165, 1.54) is 12.1 Å². The number of hydrogen-bond acceptors (Lipinski definition) is 3. The summed E-state index contributed by atoms with van der Waals surface area (Å²) in [6, 6.07) is 6.26. The Bertz CT molecular complexity index is 371. The summed E-state index contributed by atoms with van der Waals surface area (Å²) in [6.45, 7) is 2.06. The number of carboxylic acids is 1. The Morgan fingerprint density at radius 2 is 2.13 bits per heavy atom. The molecule has 80 valence electrons. The molecule has 0 atom stereocenters. The molecule has 15 heavy (non-hydrogen) atoms. The van der Waals surface area contributed by atoms with E-state index in [0.717, 1.165) is 0 Å². The van der Waals surface area contributed by atoms with Crippen LogP contribution in [0.15, 0.2) is 24.3 Å². The second-order valence-corrected chi connectivity index (χ2v) is 2.99. The number of hydrogen-bond donors (Lipinski definition) is 1. The Morgan fingerprint density at radius 1 is 1.40 bits per heavy atom. The first-order chi connectivity index (χ1) is 7.13. The van der Waals surface area contributed by atoms with Crippen molar-refractivity contribution in [1.82, 2.24) is 0 Å². The van der Waals surface area contributed by atoms with Crippen molar-refractivity contribution in [3.63, 3.8) is 0 Å². The van der Waals surface area contributed by atoms with Crippen LogP contribution in [0.1, 0.15) is 22.8 Å². The van der Waals surface area contributed by atoms with Crippen LogP contribution in [0, 0.1) is 0 Å². The van der Waals surface area contributed by atoms with Crippen molar-refractivity contribution >= 4 is 11.9 Å². The Morgan fingerprint density at radius 3 is 2.73 bits per heavy atom. The third-order valence-electron chi connectivity index (χ3n) is 1.83. The van der Waals surface area contributed by atoms with Crippen molar-refractivity contribution in [2.24, 2.45) is 0 Å². The minimum atomic E-state index is -0.999. The molecule has 0 aliphatic rings. The smallest absolute Gasteiger partial charge is 0.335 e. The number of aromatic carboxylic acids is 1. The molecule has 1 N–H and O–H groups in total. The second kappa shape index (κ2) is 5.14. The van der Waals surface area contributed by atoms with Gasteiger partial charge in [0.1, 0.15) is 0 Å². The lowest BCUT2D eigenvalue weighted by Crippen LogP contribution is -2.08. The molecule has 4 nitrogen and oxygen atoms in total. The molecule has 4 heteroatoms. The molecule has 0 heterocycles. The fourth-order valence-electron chi connectivity index (χ4n) is 1.19. The van der Waals surface area contributed by atoms with E-state index in [2.05, 4.69) is 0 Å². The Hall–Kier alpha value is -1.84. The van der Waals surface area contributed by atoms with Gasteiger partial charge >= 0.3 is 11.9 Å². The van der Waals surface area contributed by atoms with E-state index in [1.807, 2.05) is 0 Å². The average Bonchev–Trinajstić information content (AvgIpc) is 2.18. The fourth-order valence-corrected chi connectivity index (χ4v) is 1.19. The summed E-state index contributed by atoms with van der Waals surface area (Å²) in [7, 11) is 0. The number of rotatable bonds is 4. The zero-order valence-electron chi connectivity index (χ0n) is 8.40. The van der Waals surface area contributed by atoms with Crippen LogP contribution in [0.2, 0.25) is 0 Å².